The van der Waals surface area contributed by atoms with Gasteiger partial charge in [-0.3, -0.25) is 4.79 Å². The van der Waals surface area contributed by atoms with E-state index in [0.29, 0.717) is 21.5 Å². The third-order valence-corrected chi connectivity index (χ3v) is 3.45. The number of benzene rings is 1. The average molecular weight is 304 g/mol. The zero-order chi connectivity index (χ0) is 14.4. The largest absolute Gasteiger partial charge is 0.394 e. The predicted octanol–water partition coefficient (Wildman–Crippen LogP) is 3.06. The maximum absolute atomic E-state index is 11.9. The lowest BCUT2D eigenvalue weighted by Crippen LogP contribution is -2.39. The first-order valence-electron chi connectivity index (χ1n) is 6.27. The molecule has 0 bridgehead atoms. The van der Waals surface area contributed by atoms with E-state index in [0.717, 1.165) is 6.42 Å². The highest BCUT2D eigenvalue weighted by molar-refractivity contribution is 6.36. The Morgan fingerprint density at radius 1 is 1.32 bits per heavy atom. The molecule has 1 aromatic rings. The molecule has 1 atom stereocenters. The van der Waals surface area contributed by atoms with Gasteiger partial charge in [0.25, 0.3) is 0 Å². The molecule has 0 fully saturated rings. The summed E-state index contributed by atoms with van der Waals surface area (Å²) in [6.07, 6.45) is 0.853. The van der Waals surface area contributed by atoms with Crippen LogP contribution in [0.4, 0.5) is 0 Å². The highest BCUT2D eigenvalue weighted by Crippen LogP contribution is 2.24. The Balaban J connectivity index is 2.64. The summed E-state index contributed by atoms with van der Waals surface area (Å²) in [7, 11) is 0. The van der Waals surface area contributed by atoms with Gasteiger partial charge in [-0.1, -0.05) is 43.1 Å². The van der Waals surface area contributed by atoms with Crippen LogP contribution in [0.25, 0.3) is 0 Å². The molecule has 1 unspecified atom stereocenters. The normalized spacial score (nSPS) is 12.5. The second kappa shape index (κ2) is 7.73. The summed E-state index contributed by atoms with van der Waals surface area (Å²) in [5.74, 6) is 0.219. The summed E-state index contributed by atoms with van der Waals surface area (Å²) < 4.78 is 0. The SMILES string of the molecule is CC(C)CC(CO)NC(=O)Cc1c(Cl)cccc1Cl. The number of aliphatic hydroxyl groups excluding tert-OH is 1. The molecule has 0 aromatic heterocycles. The van der Waals surface area contributed by atoms with Gasteiger partial charge in [0.2, 0.25) is 5.91 Å². The average Bonchev–Trinajstić information content (AvgIpc) is 2.32. The van der Waals surface area contributed by atoms with E-state index in [9.17, 15) is 9.90 Å². The van der Waals surface area contributed by atoms with E-state index >= 15 is 0 Å². The van der Waals surface area contributed by atoms with Gasteiger partial charge in [-0.15, -0.1) is 0 Å². The van der Waals surface area contributed by atoms with Crippen molar-refractivity contribution < 1.29 is 9.90 Å². The van der Waals surface area contributed by atoms with Crippen molar-refractivity contribution in [3.63, 3.8) is 0 Å². The van der Waals surface area contributed by atoms with Crippen molar-refractivity contribution in [2.24, 2.45) is 5.92 Å². The standard InChI is InChI=1S/C14H19Cl2NO2/c1-9(2)6-10(8-18)17-14(19)7-11-12(15)4-3-5-13(11)16/h3-5,9-10,18H,6-8H2,1-2H3,(H,17,19). The fraction of sp³-hybridized carbons (Fsp3) is 0.500. The quantitative estimate of drug-likeness (QED) is 0.848. The molecule has 1 aromatic carbocycles. The Labute approximate surface area is 123 Å². The van der Waals surface area contributed by atoms with E-state index in [2.05, 4.69) is 5.32 Å². The van der Waals surface area contributed by atoms with Crippen molar-refractivity contribution in [1.82, 2.24) is 5.32 Å². The third-order valence-electron chi connectivity index (χ3n) is 2.74. The van der Waals surface area contributed by atoms with Gasteiger partial charge in [0, 0.05) is 10.0 Å². The molecule has 3 nitrogen and oxygen atoms in total. The second-order valence-corrected chi connectivity index (χ2v) is 5.77. The summed E-state index contributed by atoms with van der Waals surface area (Å²) >= 11 is 12.0. The van der Waals surface area contributed by atoms with E-state index in [4.69, 9.17) is 23.2 Å². The second-order valence-electron chi connectivity index (χ2n) is 4.95. The lowest BCUT2D eigenvalue weighted by atomic mass is 10.0. The summed E-state index contributed by atoms with van der Waals surface area (Å²) in [6.45, 7) is 4.01. The molecular formula is C14H19Cl2NO2. The number of hydrogen-bond donors (Lipinski definition) is 2. The number of halogens is 2. The molecule has 0 saturated heterocycles. The van der Waals surface area contributed by atoms with Gasteiger partial charge in [0.15, 0.2) is 0 Å². The Hall–Kier alpha value is -0.770. The Kier molecular flexibility index (Phi) is 6.63. The molecule has 0 radical (unpaired) electrons. The maximum Gasteiger partial charge on any atom is 0.224 e. The van der Waals surface area contributed by atoms with E-state index in [1.165, 1.54) is 0 Å². The molecule has 0 spiro atoms. The van der Waals surface area contributed by atoms with E-state index in [1.807, 2.05) is 13.8 Å². The summed E-state index contributed by atoms with van der Waals surface area (Å²) in [5.41, 5.74) is 0.615. The van der Waals surface area contributed by atoms with Gasteiger partial charge in [-0.25, -0.2) is 0 Å². The summed E-state index contributed by atoms with van der Waals surface area (Å²) in [5, 5.41) is 13.0. The lowest BCUT2D eigenvalue weighted by Gasteiger charge is -2.18. The van der Waals surface area contributed by atoms with Crippen molar-refractivity contribution >= 4 is 29.1 Å². The van der Waals surface area contributed by atoms with Crippen LogP contribution in [-0.4, -0.2) is 23.7 Å². The molecule has 0 heterocycles. The van der Waals surface area contributed by atoms with Crippen molar-refractivity contribution in [2.75, 3.05) is 6.61 Å². The molecule has 5 heteroatoms. The van der Waals surface area contributed by atoms with Crippen LogP contribution in [-0.2, 0) is 11.2 Å². The van der Waals surface area contributed by atoms with Gasteiger partial charge in [0.05, 0.1) is 19.1 Å². The summed E-state index contributed by atoms with van der Waals surface area (Å²) in [4.78, 5) is 11.9. The topological polar surface area (TPSA) is 49.3 Å². The lowest BCUT2D eigenvalue weighted by molar-refractivity contribution is -0.121. The smallest absolute Gasteiger partial charge is 0.224 e. The van der Waals surface area contributed by atoms with Crippen molar-refractivity contribution in [3.8, 4) is 0 Å². The molecule has 19 heavy (non-hydrogen) atoms. The van der Waals surface area contributed by atoms with Crippen LogP contribution in [0.5, 0.6) is 0 Å². The minimum atomic E-state index is -0.228. The molecule has 2 N–H and O–H groups in total. The first-order valence-corrected chi connectivity index (χ1v) is 7.02. The first kappa shape index (κ1) is 16.3. The van der Waals surface area contributed by atoms with Gasteiger partial charge in [-0.2, -0.15) is 0 Å². The van der Waals surface area contributed by atoms with Crippen molar-refractivity contribution in [1.29, 1.82) is 0 Å². The van der Waals surface area contributed by atoms with Gasteiger partial charge >= 0.3 is 0 Å². The van der Waals surface area contributed by atoms with Crippen LogP contribution in [0.1, 0.15) is 25.8 Å². The molecule has 0 aliphatic heterocycles. The molecule has 0 aliphatic carbocycles. The number of hydrogen-bond acceptors (Lipinski definition) is 2. The number of nitrogens with one attached hydrogen (secondary N) is 1. The van der Waals surface area contributed by atoms with Crippen LogP contribution in [0.2, 0.25) is 10.0 Å². The van der Waals surface area contributed by atoms with Gasteiger partial charge in [-0.05, 0) is 30.0 Å². The monoisotopic (exact) mass is 303 g/mol. The van der Waals surface area contributed by atoms with Crippen LogP contribution in [0.15, 0.2) is 18.2 Å². The third kappa shape index (κ3) is 5.39. The fourth-order valence-electron chi connectivity index (χ4n) is 1.89. The van der Waals surface area contributed by atoms with Crippen molar-refractivity contribution in [3.05, 3.63) is 33.8 Å². The molecule has 1 amide bonds. The van der Waals surface area contributed by atoms with E-state index in [-0.39, 0.29) is 25.0 Å². The minimum absolute atomic E-state index is 0.0693. The van der Waals surface area contributed by atoms with E-state index in [1.54, 1.807) is 18.2 Å². The van der Waals surface area contributed by atoms with Crippen LogP contribution in [0, 0.1) is 5.92 Å². The molecule has 1 rings (SSSR count). The number of carbonyl (C=O) groups excluding carboxylic acids is 1. The highest BCUT2D eigenvalue weighted by atomic mass is 35.5. The molecular weight excluding hydrogens is 285 g/mol. The fourth-order valence-corrected chi connectivity index (χ4v) is 2.42. The van der Waals surface area contributed by atoms with Crippen LogP contribution < -0.4 is 5.32 Å². The predicted molar refractivity (Wildman–Crippen MR) is 78.6 cm³/mol. The van der Waals surface area contributed by atoms with Crippen LogP contribution >= 0.6 is 23.2 Å². The van der Waals surface area contributed by atoms with Gasteiger partial charge < -0.3 is 10.4 Å². The zero-order valence-corrected chi connectivity index (χ0v) is 12.6. The van der Waals surface area contributed by atoms with Gasteiger partial charge in [0.1, 0.15) is 0 Å². The van der Waals surface area contributed by atoms with E-state index < -0.39 is 0 Å². The zero-order valence-electron chi connectivity index (χ0n) is 11.1. The Bertz CT molecular complexity index is 415. The highest BCUT2D eigenvalue weighted by Gasteiger charge is 2.15. The van der Waals surface area contributed by atoms with Crippen LogP contribution in [0.3, 0.4) is 0 Å². The minimum Gasteiger partial charge on any atom is -0.394 e. The number of carbonyl (C=O) groups is 1. The number of rotatable bonds is 6. The number of amides is 1. The Morgan fingerprint density at radius 3 is 2.37 bits per heavy atom. The molecule has 0 aliphatic rings. The first-order chi connectivity index (χ1) is 8.93. The maximum atomic E-state index is 11.9. The summed E-state index contributed by atoms with van der Waals surface area (Å²) in [6, 6.07) is 4.91. The molecule has 106 valence electrons. The number of aliphatic hydroxyl groups is 1. The Morgan fingerprint density at radius 2 is 1.89 bits per heavy atom. The van der Waals surface area contributed by atoms with Crippen molar-refractivity contribution in [2.45, 2.75) is 32.7 Å². The molecule has 0 saturated carbocycles.